The van der Waals surface area contributed by atoms with Gasteiger partial charge in [0, 0.05) is 59.2 Å². The highest BCUT2D eigenvalue weighted by Crippen LogP contribution is 2.55. The smallest absolute Gasteiger partial charge is 0.375 e. The summed E-state index contributed by atoms with van der Waals surface area (Å²) in [5.41, 5.74) is 2.25. The Kier molecular flexibility index (Phi) is 9.77. The van der Waals surface area contributed by atoms with Crippen LogP contribution in [0.3, 0.4) is 0 Å². The minimum absolute atomic E-state index is 0.00355. The van der Waals surface area contributed by atoms with E-state index in [-0.39, 0.29) is 35.3 Å². The van der Waals surface area contributed by atoms with Gasteiger partial charge in [0.2, 0.25) is 0 Å². The minimum Gasteiger partial charge on any atom is -0.375 e. The molecular weight excluding hydrogens is 863 g/mol. The van der Waals surface area contributed by atoms with E-state index in [9.17, 15) is 9.59 Å². The largest absolute Gasteiger partial charge is 0.438 e. The number of nitrogens with zero attached hydrogens (tertiary/aromatic N) is 9. The van der Waals surface area contributed by atoms with E-state index in [0.717, 1.165) is 35.4 Å². The van der Waals surface area contributed by atoms with E-state index >= 15 is 13.6 Å². The number of carbonyl (C=O) groups excluding carboxylic acids is 1. The molecule has 11 rings (SSSR count). The molecule has 15 nitrogen and oxygen atoms in total. The molecule has 0 bridgehead atoms. The molecule has 3 atom stereocenters. The van der Waals surface area contributed by atoms with Crippen LogP contribution in [-0.2, 0) is 29.7 Å². The Morgan fingerprint density at radius 2 is 1.77 bits per heavy atom. The fourth-order valence-corrected chi connectivity index (χ4v) is 10.7. The lowest BCUT2D eigenvalue weighted by Gasteiger charge is -2.33. The lowest BCUT2D eigenvalue weighted by Crippen LogP contribution is -2.35. The van der Waals surface area contributed by atoms with Crippen molar-refractivity contribution in [3.05, 3.63) is 139 Å². The first kappa shape index (κ1) is 41.9. The molecule has 18 heteroatoms. The number of nitrogens with one attached hydrogen (secondary N) is 1. The molecule has 335 valence electrons. The van der Waals surface area contributed by atoms with E-state index in [1.54, 1.807) is 53.9 Å². The van der Waals surface area contributed by atoms with Crippen molar-refractivity contribution >= 4 is 43.0 Å². The second-order valence-corrected chi connectivity index (χ2v) is 19.0. The predicted octanol–water partition coefficient (Wildman–Crippen LogP) is 5.95. The van der Waals surface area contributed by atoms with Gasteiger partial charge >= 0.3 is 11.4 Å². The number of halogens is 2. The van der Waals surface area contributed by atoms with Gasteiger partial charge in [0.15, 0.2) is 11.6 Å². The number of amides is 1. The Balaban J connectivity index is 1.04. The van der Waals surface area contributed by atoms with Crippen LogP contribution < -0.4 is 16.6 Å². The summed E-state index contributed by atoms with van der Waals surface area (Å²) in [7, 11) is 3.65. The number of imidazole rings is 1. The number of H-pyrrole nitrogens is 1. The van der Waals surface area contributed by atoms with E-state index in [0.29, 0.717) is 95.3 Å². The van der Waals surface area contributed by atoms with Crippen LogP contribution in [0.25, 0.3) is 38.9 Å². The average molecular weight is 908 g/mol. The minimum atomic E-state index is -0.847. The molecule has 5 aromatic heterocycles. The third-order valence-corrected chi connectivity index (χ3v) is 14.2. The number of aromatic nitrogens is 9. The van der Waals surface area contributed by atoms with Crippen LogP contribution in [0, 0.1) is 31.4 Å². The average Bonchev–Trinajstić information content (AvgIpc) is 3.66. The van der Waals surface area contributed by atoms with Gasteiger partial charge in [-0.2, -0.15) is 15.3 Å². The molecule has 3 radical (unpaired) electrons. The zero-order valence-electron chi connectivity index (χ0n) is 36.8. The summed E-state index contributed by atoms with van der Waals surface area (Å²) >= 11 is 0. The molecule has 2 aliphatic heterocycles. The third kappa shape index (κ3) is 6.62. The number of hydrogen-bond acceptors (Lipinski definition) is 9. The molecule has 8 aromatic rings. The maximum atomic E-state index is 17.1. The molecule has 1 saturated heterocycles. The van der Waals surface area contributed by atoms with Gasteiger partial charge in [-0.1, -0.05) is 35.5 Å². The Labute approximate surface area is 379 Å². The van der Waals surface area contributed by atoms with Gasteiger partial charge in [-0.3, -0.25) is 23.4 Å². The van der Waals surface area contributed by atoms with Crippen molar-refractivity contribution < 1.29 is 22.8 Å². The van der Waals surface area contributed by atoms with Crippen LogP contribution in [0.4, 0.5) is 8.78 Å². The zero-order chi connectivity index (χ0) is 45.8. The summed E-state index contributed by atoms with van der Waals surface area (Å²) in [5, 5.41) is 20.2. The number of aryl methyl sites for hydroxylation is 3. The van der Waals surface area contributed by atoms with Crippen LogP contribution in [0.5, 0.6) is 0 Å². The molecule has 3 aliphatic rings. The van der Waals surface area contributed by atoms with Crippen LogP contribution in [-0.4, -0.2) is 83.6 Å². The first-order valence-electron chi connectivity index (χ1n) is 22.2. The fourth-order valence-electron chi connectivity index (χ4n) is 10.4. The highest BCUT2D eigenvalue weighted by atomic mass is 28.1. The van der Waals surface area contributed by atoms with E-state index in [4.69, 9.17) is 14.4 Å². The van der Waals surface area contributed by atoms with Crippen molar-refractivity contribution in [2.75, 3.05) is 13.2 Å². The molecule has 0 spiro atoms. The van der Waals surface area contributed by atoms with Crippen LogP contribution >= 0.6 is 0 Å². The molecule has 1 saturated carbocycles. The quantitative estimate of drug-likeness (QED) is 0.182. The standard InChI is InChI=1S/C48H45F2N10O5Si/c1-26-18-31(19-27(2)40(26)49)60-42(58-16-15-57(46(58)63)37-11-9-29-24-51-53-35(39(29)41(37)50)23-47(4)13-5-6-17-64-47)33-25-56(14-7-8-34(33)54-60)43(61)38-21-30-20-32(66)10-12-36(30)59(38)48(22-28(48)3)44-52-45(62)65-55-44/h9-12,15-16,18-21,24,28H,5-8,13-14,17,22-23,25H2,1-4H3,(H,52,55,62)/t28-,47?,48-/m0/s1. The normalized spacial score (nSPS) is 20.8. The Hall–Kier alpha value is -6.79. The van der Waals surface area contributed by atoms with Gasteiger partial charge < -0.3 is 14.2 Å². The number of rotatable bonds is 8. The summed E-state index contributed by atoms with van der Waals surface area (Å²) in [6.07, 6.45) is 9.31. The topological polar surface area (TPSA) is 164 Å². The lowest BCUT2D eigenvalue weighted by molar-refractivity contribution is -0.0647. The summed E-state index contributed by atoms with van der Waals surface area (Å²) in [6, 6.07) is 14.3. The first-order valence-corrected chi connectivity index (χ1v) is 22.7. The number of hydrogen-bond donors (Lipinski definition) is 1. The molecule has 1 unspecified atom stereocenters. The molecule has 2 fully saturated rings. The van der Waals surface area contributed by atoms with E-state index < -0.39 is 28.4 Å². The predicted molar refractivity (Wildman–Crippen MR) is 241 cm³/mol. The fraction of sp³-hybridized carbons (Fsp3) is 0.354. The van der Waals surface area contributed by atoms with E-state index in [2.05, 4.69) is 30.6 Å². The second kappa shape index (κ2) is 15.4. The van der Waals surface area contributed by atoms with Gasteiger partial charge in [-0.05, 0) is 107 Å². The second-order valence-electron chi connectivity index (χ2n) is 18.4. The molecule has 1 amide bonds. The summed E-state index contributed by atoms with van der Waals surface area (Å²) in [6.45, 7) is 8.43. The van der Waals surface area contributed by atoms with Gasteiger partial charge in [0.05, 0.1) is 51.3 Å². The maximum Gasteiger partial charge on any atom is 0.438 e. The molecule has 7 heterocycles. The van der Waals surface area contributed by atoms with Gasteiger partial charge in [0.1, 0.15) is 22.9 Å². The Morgan fingerprint density at radius 3 is 2.50 bits per heavy atom. The summed E-state index contributed by atoms with van der Waals surface area (Å²) in [4.78, 5) is 47.0. The number of carbonyl (C=O) groups is 1. The number of benzene rings is 3. The summed E-state index contributed by atoms with van der Waals surface area (Å²) < 4.78 is 49.6. The van der Waals surface area contributed by atoms with Crippen molar-refractivity contribution in [1.29, 1.82) is 0 Å². The third-order valence-electron chi connectivity index (χ3n) is 13.9. The Bertz CT molecular complexity index is 3390. The highest BCUT2D eigenvalue weighted by Gasteiger charge is 2.59. The van der Waals surface area contributed by atoms with Crippen molar-refractivity contribution in [3.8, 4) is 17.2 Å². The lowest BCUT2D eigenvalue weighted by atomic mass is 9.89. The monoisotopic (exact) mass is 907 g/mol. The number of fused-ring (bicyclic) bond motifs is 3. The van der Waals surface area contributed by atoms with Crippen molar-refractivity contribution in [2.45, 2.75) is 90.3 Å². The van der Waals surface area contributed by atoms with Crippen molar-refractivity contribution in [1.82, 2.24) is 48.7 Å². The number of ether oxygens (including phenoxy) is 1. The molecule has 1 N–H and O–H groups in total. The molecular formula is C48H45F2N10O5Si. The maximum absolute atomic E-state index is 17.1. The van der Waals surface area contributed by atoms with E-state index in [1.165, 1.54) is 21.5 Å². The van der Waals surface area contributed by atoms with Gasteiger partial charge in [-0.15, -0.1) is 0 Å². The van der Waals surface area contributed by atoms with Crippen LogP contribution in [0.15, 0.2) is 81.2 Å². The van der Waals surface area contributed by atoms with Gasteiger partial charge in [-0.25, -0.2) is 23.1 Å². The SMILES string of the molecule is Cc1cc(-n2nc3c(c2-n2ccn(-c4ccc5cnnc(CC6(C)CCCCO6)c5c4F)c2=O)CN(C(=O)c2cc4cc([Si])ccc4n2[C@@]2(c4noc(=O)[nH]4)C[C@@H]2C)CCC3)cc(C)c1F. The van der Waals surface area contributed by atoms with Crippen LogP contribution in [0.1, 0.15) is 90.3 Å². The summed E-state index contributed by atoms with van der Waals surface area (Å²) in [5.74, 6) is -1.25. The number of aromatic amines is 1. The van der Waals surface area contributed by atoms with Crippen molar-refractivity contribution in [2.24, 2.45) is 5.92 Å². The molecule has 3 aromatic carbocycles. The van der Waals surface area contributed by atoms with Gasteiger partial charge in [0.25, 0.3) is 5.91 Å². The van der Waals surface area contributed by atoms with Crippen LogP contribution in [0.2, 0.25) is 0 Å². The highest BCUT2D eigenvalue weighted by molar-refractivity contribution is 6.33. The first-order chi connectivity index (χ1) is 31.7. The van der Waals surface area contributed by atoms with Crippen molar-refractivity contribution in [3.63, 3.8) is 0 Å². The molecule has 1 aliphatic carbocycles. The Morgan fingerprint density at radius 1 is 0.985 bits per heavy atom. The molecule has 66 heavy (non-hydrogen) atoms. The van der Waals surface area contributed by atoms with E-state index in [1.807, 2.05) is 42.7 Å². The zero-order valence-corrected chi connectivity index (χ0v) is 37.8.